The standard InChI is InChI=1S/C12H14N2O5/c1-18-11(16)6-14-10(15)7-19-9-5-3-2-4-8(9)12(13)17/h2-5H,6-7H2,1H3,(H2,13,17)(H,14,15). The van der Waals surface area contributed by atoms with Gasteiger partial charge in [0.05, 0.1) is 12.7 Å². The molecule has 1 aromatic rings. The molecular weight excluding hydrogens is 252 g/mol. The lowest BCUT2D eigenvalue weighted by molar-refractivity contribution is -0.141. The molecule has 0 aliphatic rings. The Hall–Kier alpha value is -2.57. The summed E-state index contributed by atoms with van der Waals surface area (Å²) in [6.07, 6.45) is 0. The zero-order chi connectivity index (χ0) is 14.3. The third-order valence-corrected chi connectivity index (χ3v) is 2.17. The number of methoxy groups -OCH3 is 1. The van der Waals surface area contributed by atoms with Gasteiger partial charge < -0.3 is 20.5 Å². The highest BCUT2D eigenvalue weighted by molar-refractivity contribution is 5.95. The first-order valence-corrected chi connectivity index (χ1v) is 5.39. The monoisotopic (exact) mass is 266 g/mol. The molecule has 0 saturated heterocycles. The number of nitrogens with one attached hydrogen (secondary N) is 1. The van der Waals surface area contributed by atoms with Crippen molar-refractivity contribution in [2.24, 2.45) is 5.73 Å². The van der Waals surface area contributed by atoms with Gasteiger partial charge in [-0.25, -0.2) is 0 Å². The van der Waals surface area contributed by atoms with Crippen molar-refractivity contribution in [1.82, 2.24) is 5.32 Å². The van der Waals surface area contributed by atoms with Gasteiger partial charge in [0.1, 0.15) is 12.3 Å². The number of carbonyl (C=O) groups is 3. The molecule has 3 N–H and O–H groups in total. The van der Waals surface area contributed by atoms with E-state index in [1.165, 1.54) is 19.2 Å². The van der Waals surface area contributed by atoms with Crippen molar-refractivity contribution >= 4 is 17.8 Å². The molecule has 0 atom stereocenters. The van der Waals surface area contributed by atoms with E-state index >= 15 is 0 Å². The molecular formula is C12H14N2O5. The first-order valence-electron chi connectivity index (χ1n) is 5.39. The maximum atomic E-state index is 11.4. The van der Waals surface area contributed by atoms with E-state index < -0.39 is 17.8 Å². The Morgan fingerprint density at radius 2 is 1.95 bits per heavy atom. The lowest BCUT2D eigenvalue weighted by Gasteiger charge is -2.09. The second kappa shape index (κ2) is 7.00. The summed E-state index contributed by atoms with van der Waals surface area (Å²) in [5, 5.41) is 2.30. The Balaban J connectivity index is 2.51. The van der Waals surface area contributed by atoms with Crippen molar-refractivity contribution in [1.29, 1.82) is 0 Å². The number of primary amides is 1. The average Bonchev–Trinajstić information content (AvgIpc) is 2.42. The summed E-state index contributed by atoms with van der Waals surface area (Å²) in [5.74, 6) is -1.51. The van der Waals surface area contributed by atoms with Crippen LogP contribution in [0.5, 0.6) is 5.75 Å². The van der Waals surface area contributed by atoms with Gasteiger partial charge in [-0.15, -0.1) is 0 Å². The second-order valence-electron chi connectivity index (χ2n) is 3.50. The smallest absolute Gasteiger partial charge is 0.325 e. The van der Waals surface area contributed by atoms with Gasteiger partial charge in [-0.05, 0) is 12.1 Å². The quantitative estimate of drug-likeness (QED) is 0.672. The van der Waals surface area contributed by atoms with Crippen LogP contribution in [0.25, 0.3) is 0 Å². The Morgan fingerprint density at radius 3 is 2.58 bits per heavy atom. The fourth-order valence-electron chi connectivity index (χ4n) is 1.23. The SMILES string of the molecule is COC(=O)CNC(=O)COc1ccccc1C(N)=O. The number of hydrogen-bond donors (Lipinski definition) is 2. The second-order valence-corrected chi connectivity index (χ2v) is 3.50. The van der Waals surface area contributed by atoms with E-state index in [4.69, 9.17) is 10.5 Å². The molecule has 0 aromatic heterocycles. The zero-order valence-corrected chi connectivity index (χ0v) is 10.3. The Kier molecular flexibility index (Phi) is 5.34. The molecule has 0 heterocycles. The van der Waals surface area contributed by atoms with E-state index in [2.05, 4.69) is 10.1 Å². The molecule has 7 heteroatoms. The maximum absolute atomic E-state index is 11.4. The average molecular weight is 266 g/mol. The fraction of sp³-hybridized carbons (Fsp3) is 0.250. The molecule has 19 heavy (non-hydrogen) atoms. The summed E-state index contributed by atoms with van der Waals surface area (Å²) in [5.41, 5.74) is 5.34. The van der Waals surface area contributed by atoms with E-state index in [1.54, 1.807) is 12.1 Å². The van der Waals surface area contributed by atoms with Crippen LogP contribution in [0.1, 0.15) is 10.4 Å². The largest absolute Gasteiger partial charge is 0.483 e. The number of nitrogens with two attached hydrogens (primary N) is 1. The molecule has 2 amide bonds. The van der Waals surface area contributed by atoms with Crippen LogP contribution in [-0.4, -0.2) is 38.0 Å². The minimum absolute atomic E-state index is 0.184. The minimum Gasteiger partial charge on any atom is -0.483 e. The molecule has 7 nitrogen and oxygen atoms in total. The van der Waals surface area contributed by atoms with Crippen LogP contribution in [0, 0.1) is 0 Å². The van der Waals surface area contributed by atoms with Crippen LogP contribution in [0.2, 0.25) is 0 Å². The normalized spacial score (nSPS) is 9.53. The van der Waals surface area contributed by atoms with Gasteiger partial charge in [0.15, 0.2) is 6.61 Å². The van der Waals surface area contributed by atoms with Gasteiger partial charge in [0.25, 0.3) is 11.8 Å². The summed E-state index contributed by atoms with van der Waals surface area (Å²) in [4.78, 5) is 33.3. The third-order valence-electron chi connectivity index (χ3n) is 2.17. The van der Waals surface area contributed by atoms with Gasteiger partial charge in [-0.3, -0.25) is 14.4 Å². The predicted octanol–water partition coefficient (Wildman–Crippen LogP) is -0.546. The van der Waals surface area contributed by atoms with Gasteiger partial charge in [0, 0.05) is 0 Å². The number of para-hydroxylation sites is 1. The predicted molar refractivity (Wildman–Crippen MR) is 65.5 cm³/mol. The van der Waals surface area contributed by atoms with Crippen LogP contribution in [0.3, 0.4) is 0 Å². The number of esters is 1. The third kappa shape index (κ3) is 4.66. The van der Waals surface area contributed by atoms with Crippen molar-refractivity contribution in [3.05, 3.63) is 29.8 Å². The Labute approximate surface area is 109 Å². The number of hydrogen-bond acceptors (Lipinski definition) is 5. The number of benzene rings is 1. The summed E-state index contributed by atoms with van der Waals surface area (Å²) in [6.45, 7) is -0.572. The number of amides is 2. The molecule has 0 unspecified atom stereocenters. The molecule has 0 fully saturated rings. The van der Waals surface area contributed by atoms with Crippen molar-refractivity contribution in [3.63, 3.8) is 0 Å². The van der Waals surface area contributed by atoms with Crippen LogP contribution >= 0.6 is 0 Å². The summed E-state index contributed by atoms with van der Waals surface area (Å²) in [7, 11) is 1.22. The lowest BCUT2D eigenvalue weighted by Crippen LogP contribution is -2.34. The van der Waals surface area contributed by atoms with Gasteiger partial charge in [-0.2, -0.15) is 0 Å². The fourth-order valence-corrected chi connectivity index (χ4v) is 1.23. The zero-order valence-electron chi connectivity index (χ0n) is 10.3. The highest BCUT2D eigenvalue weighted by atomic mass is 16.5. The molecule has 0 radical (unpaired) electrons. The van der Waals surface area contributed by atoms with Gasteiger partial charge >= 0.3 is 5.97 Å². The van der Waals surface area contributed by atoms with Crippen LogP contribution in [-0.2, 0) is 14.3 Å². The van der Waals surface area contributed by atoms with Crippen LogP contribution in [0.4, 0.5) is 0 Å². The number of carbonyl (C=O) groups excluding carboxylic acids is 3. The molecule has 0 spiro atoms. The molecule has 1 rings (SSSR count). The van der Waals surface area contributed by atoms with E-state index in [0.717, 1.165) is 0 Å². The van der Waals surface area contributed by atoms with Crippen molar-refractivity contribution in [2.45, 2.75) is 0 Å². The lowest BCUT2D eigenvalue weighted by atomic mass is 10.2. The summed E-state index contributed by atoms with van der Waals surface area (Å²) in [6, 6.07) is 6.29. The van der Waals surface area contributed by atoms with Gasteiger partial charge in [0.2, 0.25) is 0 Å². The van der Waals surface area contributed by atoms with Crippen molar-refractivity contribution in [2.75, 3.05) is 20.3 Å². The summed E-state index contributed by atoms with van der Waals surface area (Å²) < 4.78 is 9.52. The van der Waals surface area contributed by atoms with E-state index in [1.807, 2.05) is 0 Å². The van der Waals surface area contributed by atoms with Crippen LogP contribution < -0.4 is 15.8 Å². The Bertz CT molecular complexity index is 487. The minimum atomic E-state index is -0.648. The molecule has 0 aliphatic heterocycles. The first-order chi connectivity index (χ1) is 9.04. The summed E-state index contributed by atoms with van der Waals surface area (Å²) >= 11 is 0. The maximum Gasteiger partial charge on any atom is 0.325 e. The first kappa shape index (κ1) is 14.5. The van der Waals surface area contributed by atoms with E-state index in [9.17, 15) is 14.4 Å². The molecule has 0 aliphatic carbocycles. The molecule has 0 saturated carbocycles. The molecule has 0 bridgehead atoms. The number of ether oxygens (including phenoxy) is 2. The highest BCUT2D eigenvalue weighted by Crippen LogP contribution is 2.16. The molecule has 102 valence electrons. The topological polar surface area (TPSA) is 108 Å². The van der Waals surface area contributed by atoms with E-state index in [0.29, 0.717) is 0 Å². The Morgan fingerprint density at radius 1 is 1.26 bits per heavy atom. The number of rotatable bonds is 6. The van der Waals surface area contributed by atoms with Crippen molar-refractivity contribution in [3.8, 4) is 5.75 Å². The molecule has 1 aromatic carbocycles. The van der Waals surface area contributed by atoms with Crippen molar-refractivity contribution < 1.29 is 23.9 Å². The highest BCUT2D eigenvalue weighted by Gasteiger charge is 2.10. The van der Waals surface area contributed by atoms with Gasteiger partial charge in [-0.1, -0.05) is 12.1 Å². The van der Waals surface area contributed by atoms with E-state index in [-0.39, 0.29) is 24.5 Å². The van der Waals surface area contributed by atoms with Crippen LogP contribution in [0.15, 0.2) is 24.3 Å².